The van der Waals surface area contributed by atoms with Crippen molar-refractivity contribution >= 4 is 5.97 Å². The van der Waals surface area contributed by atoms with Crippen LogP contribution in [0.4, 0.5) is 0 Å². The first kappa shape index (κ1) is 34.7. The summed E-state index contributed by atoms with van der Waals surface area (Å²) in [5.41, 5.74) is 1.17. The van der Waals surface area contributed by atoms with Crippen LogP contribution in [0.5, 0.6) is 0 Å². The molecule has 8 nitrogen and oxygen atoms in total. The number of rotatable bonds is 5. The van der Waals surface area contributed by atoms with Gasteiger partial charge in [0.25, 0.3) is 0 Å². The third-order valence-corrected chi connectivity index (χ3v) is 14.7. The van der Waals surface area contributed by atoms with Crippen LogP contribution in [0.1, 0.15) is 127 Å². The highest BCUT2D eigenvalue weighted by molar-refractivity contribution is 5.66. The van der Waals surface area contributed by atoms with Gasteiger partial charge in [-0.1, -0.05) is 41.5 Å². The first-order chi connectivity index (χ1) is 21.6. The van der Waals surface area contributed by atoms with E-state index in [9.17, 15) is 20.1 Å². The Morgan fingerprint density at radius 1 is 0.978 bits per heavy atom. The molecule has 5 fully saturated rings. The summed E-state index contributed by atoms with van der Waals surface area (Å²) in [4.78, 5) is 11.9. The molecule has 2 aliphatic heterocycles. The zero-order chi connectivity index (χ0) is 33.6. The standard InChI is InChI=1S/C36H56O8.C2H6/c1-19-35-15-14-34(7)22-8-10-26(31(33(5,6)40)42-20(2)37)43-27(22)16-23(34)21(35)9-11-28-32(3,4)29(12-13-36(19,28)35)44-30-17-24(38)25(39)18-41-30;1-2/h19,21,23-26,28-31,38-40H,8-18H2,1-7H3;1-2H3/t19-,21-,23?,24+,25-,26+,28?,29-,30?,31-,34+,35-,36?;/m0./s1. The minimum Gasteiger partial charge on any atom is -0.491 e. The molecule has 5 aliphatic carbocycles. The second-order valence-corrected chi connectivity index (χ2v) is 17.2. The van der Waals surface area contributed by atoms with Gasteiger partial charge in [-0.15, -0.1) is 0 Å². The maximum atomic E-state index is 11.9. The van der Waals surface area contributed by atoms with Crippen LogP contribution in [0.3, 0.4) is 0 Å². The normalized spacial score (nSPS) is 47.8. The number of ether oxygens (including phenoxy) is 4. The summed E-state index contributed by atoms with van der Waals surface area (Å²) in [6.07, 6.45) is 7.10. The fourth-order valence-electron chi connectivity index (χ4n) is 12.7. The van der Waals surface area contributed by atoms with E-state index in [0.29, 0.717) is 40.9 Å². The summed E-state index contributed by atoms with van der Waals surface area (Å²) in [5, 5.41) is 31.0. The minimum absolute atomic E-state index is 0.00156. The van der Waals surface area contributed by atoms with E-state index in [1.807, 2.05) is 13.8 Å². The molecule has 46 heavy (non-hydrogen) atoms. The first-order valence-electron chi connectivity index (χ1n) is 18.5. The van der Waals surface area contributed by atoms with Gasteiger partial charge in [0.15, 0.2) is 12.4 Å². The highest BCUT2D eigenvalue weighted by atomic mass is 16.7. The zero-order valence-corrected chi connectivity index (χ0v) is 29.9. The lowest BCUT2D eigenvalue weighted by Gasteiger charge is -2.59. The number of allylic oxidation sites excluding steroid dienone is 2. The third-order valence-electron chi connectivity index (χ3n) is 14.7. The van der Waals surface area contributed by atoms with Gasteiger partial charge in [0.2, 0.25) is 0 Å². The largest absolute Gasteiger partial charge is 0.491 e. The molecule has 2 spiro atoms. The molecule has 4 unspecified atom stereocenters. The van der Waals surface area contributed by atoms with E-state index in [1.165, 1.54) is 44.6 Å². The van der Waals surface area contributed by atoms with Crippen molar-refractivity contribution in [1.82, 2.24) is 0 Å². The molecule has 2 heterocycles. The van der Waals surface area contributed by atoms with E-state index < -0.39 is 30.2 Å². The van der Waals surface area contributed by atoms with E-state index in [-0.39, 0.29) is 35.6 Å². The van der Waals surface area contributed by atoms with Gasteiger partial charge < -0.3 is 34.3 Å². The predicted molar refractivity (Wildman–Crippen MR) is 174 cm³/mol. The average Bonchev–Trinajstić information content (AvgIpc) is 3.37. The van der Waals surface area contributed by atoms with E-state index in [1.54, 1.807) is 13.8 Å². The Labute approximate surface area is 277 Å². The zero-order valence-electron chi connectivity index (χ0n) is 29.9. The summed E-state index contributed by atoms with van der Waals surface area (Å²) in [6, 6.07) is 0. The van der Waals surface area contributed by atoms with Crippen LogP contribution >= 0.6 is 0 Å². The van der Waals surface area contributed by atoms with E-state index in [2.05, 4.69) is 27.7 Å². The summed E-state index contributed by atoms with van der Waals surface area (Å²) < 4.78 is 24.8. The van der Waals surface area contributed by atoms with Crippen molar-refractivity contribution < 1.29 is 39.1 Å². The quantitative estimate of drug-likeness (QED) is 0.236. The molecule has 0 aromatic carbocycles. The smallest absolute Gasteiger partial charge is 0.303 e. The Kier molecular flexibility index (Phi) is 8.82. The van der Waals surface area contributed by atoms with Crippen molar-refractivity contribution in [2.24, 2.45) is 45.3 Å². The molecule has 0 aromatic heterocycles. The van der Waals surface area contributed by atoms with Crippen molar-refractivity contribution in [2.75, 3.05) is 6.61 Å². The molecule has 0 aromatic rings. The fraction of sp³-hybridized carbons (Fsp3) is 0.921. The third kappa shape index (κ3) is 4.88. The van der Waals surface area contributed by atoms with Crippen molar-refractivity contribution in [1.29, 1.82) is 0 Å². The number of fused-ring (bicyclic) bond motifs is 3. The van der Waals surface area contributed by atoms with Crippen LogP contribution in [-0.4, -0.2) is 70.3 Å². The number of hydrogen-bond donors (Lipinski definition) is 3. The van der Waals surface area contributed by atoms with Crippen LogP contribution in [0.2, 0.25) is 0 Å². The molecule has 7 rings (SSSR count). The van der Waals surface area contributed by atoms with Gasteiger partial charge in [0, 0.05) is 19.8 Å². The molecule has 4 saturated carbocycles. The van der Waals surface area contributed by atoms with Crippen LogP contribution < -0.4 is 0 Å². The van der Waals surface area contributed by atoms with Gasteiger partial charge in [-0.3, -0.25) is 4.79 Å². The number of esters is 1. The second-order valence-electron chi connectivity index (χ2n) is 17.2. The molecule has 0 amide bonds. The summed E-state index contributed by atoms with van der Waals surface area (Å²) in [7, 11) is 0. The lowest BCUT2D eigenvalue weighted by atomic mass is 9.46. The van der Waals surface area contributed by atoms with E-state index in [0.717, 1.165) is 31.4 Å². The van der Waals surface area contributed by atoms with Crippen molar-refractivity contribution in [2.45, 2.75) is 169 Å². The number of aliphatic hydroxyl groups is 3. The molecular weight excluding hydrogens is 584 g/mol. The lowest BCUT2D eigenvalue weighted by molar-refractivity contribution is -0.264. The molecule has 13 atom stereocenters. The highest BCUT2D eigenvalue weighted by Crippen LogP contribution is 2.89. The number of carbonyl (C=O) groups excluding carboxylic acids is 1. The van der Waals surface area contributed by atoms with E-state index >= 15 is 0 Å². The number of hydrogen-bond acceptors (Lipinski definition) is 8. The van der Waals surface area contributed by atoms with Gasteiger partial charge in [-0.25, -0.2) is 0 Å². The molecular formula is C38H62O8. The molecule has 262 valence electrons. The van der Waals surface area contributed by atoms with Gasteiger partial charge in [-0.05, 0) is 116 Å². The van der Waals surface area contributed by atoms with Crippen molar-refractivity contribution in [3.05, 3.63) is 11.3 Å². The Morgan fingerprint density at radius 2 is 1.70 bits per heavy atom. The van der Waals surface area contributed by atoms with Gasteiger partial charge >= 0.3 is 5.97 Å². The fourth-order valence-corrected chi connectivity index (χ4v) is 12.7. The molecule has 0 bridgehead atoms. The monoisotopic (exact) mass is 646 g/mol. The van der Waals surface area contributed by atoms with E-state index in [4.69, 9.17) is 18.9 Å². The maximum absolute atomic E-state index is 11.9. The Morgan fingerprint density at radius 3 is 2.35 bits per heavy atom. The number of carbonyl (C=O) groups is 1. The topological polar surface area (TPSA) is 115 Å². The Bertz CT molecular complexity index is 1210. The van der Waals surface area contributed by atoms with Crippen molar-refractivity contribution in [3.63, 3.8) is 0 Å². The molecule has 1 saturated heterocycles. The summed E-state index contributed by atoms with van der Waals surface area (Å²) >= 11 is 0. The molecule has 3 N–H and O–H groups in total. The summed E-state index contributed by atoms with van der Waals surface area (Å²) in [5.74, 6) is 3.25. The molecule has 8 heteroatoms. The second kappa shape index (κ2) is 11.7. The maximum Gasteiger partial charge on any atom is 0.303 e. The first-order valence-corrected chi connectivity index (χ1v) is 18.5. The lowest BCUT2D eigenvalue weighted by Crippen LogP contribution is -2.55. The SMILES string of the molecule is CC.CC(=O)O[C@@H]([C@H]1CCC2=C(CC3[C@@H]4CCC5C(C)(C)[C@@H](OC6C[C@@H](O)[C@@H](O)CO6)CCC56[C@@H](C)[C@@]46CC[C@]23C)O1)C(C)(C)O. The van der Waals surface area contributed by atoms with Gasteiger partial charge in [0.1, 0.15) is 12.2 Å². The van der Waals surface area contributed by atoms with Crippen molar-refractivity contribution in [3.8, 4) is 0 Å². The minimum atomic E-state index is -1.18. The van der Waals surface area contributed by atoms with Crippen LogP contribution in [0, 0.1) is 45.3 Å². The average molecular weight is 647 g/mol. The van der Waals surface area contributed by atoms with Crippen LogP contribution in [0.15, 0.2) is 11.3 Å². The van der Waals surface area contributed by atoms with Gasteiger partial charge in [0.05, 0.1) is 30.2 Å². The molecule has 0 radical (unpaired) electrons. The highest BCUT2D eigenvalue weighted by Gasteiger charge is 2.84. The summed E-state index contributed by atoms with van der Waals surface area (Å²) in [6.45, 7) is 18.8. The number of aliphatic hydroxyl groups excluding tert-OH is 2. The van der Waals surface area contributed by atoms with Gasteiger partial charge in [-0.2, -0.15) is 0 Å². The predicted octanol–water partition coefficient (Wildman–Crippen LogP) is 6.29. The van der Waals surface area contributed by atoms with Crippen LogP contribution in [-0.2, 0) is 23.7 Å². The Hall–Kier alpha value is -1.19. The Balaban J connectivity index is 0.00000182. The molecule has 7 aliphatic rings. The van der Waals surface area contributed by atoms with Crippen LogP contribution in [0.25, 0.3) is 0 Å².